The van der Waals surface area contributed by atoms with Gasteiger partial charge >= 0.3 is 0 Å². The number of aryl methyl sites for hydroxylation is 1. The lowest BCUT2D eigenvalue weighted by Gasteiger charge is -2.43. The zero-order valence-electron chi connectivity index (χ0n) is 18.2. The summed E-state index contributed by atoms with van der Waals surface area (Å²) in [6.07, 6.45) is 1.08. The summed E-state index contributed by atoms with van der Waals surface area (Å²) in [7, 11) is 0. The predicted molar refractivity (Wildman–Crippen MR) is 139 cm³/mol. The molecular formula is C24H24N4O2S3. The van der Waals surface area contributed by atoms with E-state index in [1.54, 1.807) is 6.07 Å². The molecule has 2 aromatic heterocycles. The first-order valence-corrected chi connectivity index (χ1v) is 13.1. The molecule has 6 nitrogen and oxygen atoms in total. The molecule has 1 saturated heterocycles. The van der Waals surface area contributed by atoms with Crippen molar-refractivity contribution < 1.29 is 4.79 Å². The van der Waals surface area contributed by atoms with Crippen molar-refractivity contribution >= 4 is 50.7 Å². The minimum Gasteiger partial charge on any atom is -0.356 e. The predicted octanol–water partition coefficient (Wildman–Crippen LogP) is 4.36. The van der Waals surface area contributed by atoms with E-state index in [2.05, 4.69) is 21.3 Å². The van der Waals surface area contributed by atoms with Crippen molar-refractivity contribution in [3.8, 4) is 11.3 Å². The Kier molecular flexibility index (Phi) is 6.36. The highest BCUT2D eigenvalue weighted by Crippen LogP contribution is 2.36. The Morgan fingerprint density at radius 3 is 2.82 bits per heavy atom. The Morgan fingerprint density at radius 1 is 1.18 bits per heavy atom. The van der Waals surface area contributed by atoms with E-state index >= 15 is 0 Å². The topological polar surface area (TPSA) is 67.2 Å². The van der Waals surface area contributed by atoms with Gasteiger partial charge in [0.15, 0.2) is 5.13 Å². The molecule has 2 atom stereocenters. The summed E-state index contributed by atoms with van der Waals surface area (Å²) in [6, 6.07) is 15.5. The van der Waals surface area contributed by atoms with Crippen LogP contribution in [0, 0.1) is 12.8 Å². The van der Waals surface area contributed by atoms with Gasteiger partial charge in [0.05, 0.1) is 11.4 Å². The van der Waals surface area contributed by atoms with Crippen molar-refractivity contribution in [2.45, 2.75) is 25.8 Å². The number of thiocarbonyl (C=S) groups is 1. The van der Waals surface area contributed by atoms with Gasteiger partial charge < -0.3 is 14.8 Å². The Labute approximate surface area is 206 Å². The molecule has 1 amide bonds. The summed E-state index contributed by atoms with van der Waals surface area (Å²) in [4.78, 5) is 32.7. The molecule has 1 fully saturated rings. The smallest absolute Gasteiger partial charge is 0.250 e. The number of piperidine rings is 1. The fourth-order valence-electron chi connectivity index (χ4n) is 4.73. The average molecular weight is 497 g/mol. The number of carbonyl (C=O) groups excluding carboxylic acids is 1. The lowest BCUT2D eigenvalue weighted by atomic mass is 9.83. The van der Waals surface area contributed by atoms with Crippen LogP contribution in [0.5, 0.6) is 0 Å². The van der Waals surface area contributed by atoms with E-state index in [0.29, 0.717) is 17.0 Å². The summed E-state index contributed by atoms with van der Waals surface area (Å²) >= 11 is 8.55. The van der Waals surface area contributed by atoms with Gasteiger partial charge in [-0.15, -0.1) is 11.3 Å². The zero-order valence-corrected chi connectivity index (χ0v) is 20.6. The first-order chi connectivity index (χ1) is 16.0. The van der Waals surface area contributed by atoms with E-state index in [-0.39, 0.29) is 17.2 Å². The van der Waals surface area contributed by atoms with E-state index in [1.807, 2.05) is 47.9 Å². The summed E-state index contributed by atoms with van der Waals surface area (Å²) in [5.41, 5.74) is 3.12. The van der Waals surface area contributed by atoms with Crippen LogP contribution in [-0.2, 0) is 11.3 Å². The highest BCUT2D eigenvalue weighted by Gasteiger charge is 2.35. The number of likely N-dealkylation sites (tertiary alicyclic amines) is 1. The van der Waals surface area contributed by atoms with Crippen molar-refractivity contribution in [2.24, 2.45) is 5.92 Å². The highest BCUT2D eigenvalue weighted by molar-refractivity contribution is 8.23. The normalized spacial score (nSPS) is 19.1. The molecule has 1 aromatic carbocycles. The molecule has 1 N–H and O–H groups in total. The summed E-state index contributed by atoms with van der Waals surface area (Å²) in [6.45, 7) is 4.37. The number of anilines is 1. The first-order valence-electron chi connectivity index (χ1n) is 10.9. The van der Waals surface area contributed by atoms with Crippen LogP contribution in [0.3, 0.4) is 0 Å². The molecule has 4 heterocycles. The van der Waals surface area contributed by atoms with Crippen molar-refractivity contribution in [3.63, 3.8) is 0 Å². The van der Waals surface area contributed by atoms with Gasteiger partial charge in [-0.3, -0.25) is 9.59 Å². The number of thioether (sulfide) groups is 1. The molecule has 0 spiro atoms. The molecule has 0 radical (unpaired) electrons. The highest BCUT2D eigenvalue weighted by atomic mass is 32.2. The van der Waals surface area contributed by atoms with Gasteiger partial charge in [-0.2, -0.15) is 0 Å². The molecule has 9 heteroatoms. The third-order valence-corrected chi connectivity index (χ3v) is 8.56. The maximum absolute atomic E-state index is 12.6. The molecule has 170 valence electrons. The summed E-state index contributed by atoms with van der Waals surface area (Å²) in [5.74, 6) is 0.844. The van der Waals surface area contributed by atoms with Gasteiger partial charge in [-0.1, -0.05) is 60.4 Å². The van der Waals surface area contributed by atoms with Crippen LogP contribution in [0.1, 0.15) is 22.9 Å². The molecule has 0 unspecified atom stereocenters. The third-order valence-electron chi connectivity index (χ3n) is 6.15. The fourth-order valence-corrected chi connectivity index (χ4v) is 6.57. The summed E-state index contributed by atoms with van der Waals surface area (Å²) in [5, 5.41) is 3.53. The third kappa shape index (κ3) is 4.76. The average Bonchev–Trinajstić information content (AvgIpc) is 3.18. The van der Waals surface area contributed by atoms with Crippen molar-refractivity contribution in [1.82, 2.24) is 14.5 Å². The minimum atomic E-state index is -0.107. The zero-order chi connectivity index (χ0) is 22.9. The number of hydrogen-bond donors (Lipinski definition) is 1. The molecule has 0 aliphatic carbocycles. The van der Waals surface area contributed by atoms with Gasteiger partial charge in [0.2, 0.25) is 5.91 Å². The van der Waals surface area contributed by atoms with Crippen LogP contribution in [0.25, 0.3) is 11.3 Å². The van der Waals surface area contributed by atoms with E-state index in [0.717, 1.165) is 52.2 Å². The van der Waals surface area contributed by atoms with E-state index in [9.17, 15) is 9.59 Å². The van der Waals surface area contributed by atoms with Crippen LogP contribution >= 0.6 is 35.3 Å². The molecule has 2 aliphatic rings. The number of rotatable bonds is 4. The van der Waals surface area contributed by atoms with Crippen molar-refractivity contribution in [1.29, 1.82) is 0 Å². The molecule has 5 rings (SSSR count). The monoisotopic (exact) mass is 496 g/mol. The number of aromatic nitrogens is 2. The number of nitrogens with one attached hydrogen (secondary N) is 1. The first kappa shape index (κ1) is 22.3. The number of pyridine rings is 1. The van der Waals surface area contributed by atoms with Crippen LogP contribution in [0.2, 0.25) is 0 Å². The number of nitrogens with zero attached hydrogens (tertiary/aromatic N) is 3. The second kappa shape index (κ2) is 9.40. The maximum Gasteiger partial charge on any atom is 0.250 e. The van der Waals surface area contributed by atoms with Gasteiger partial charge in [-0.05, 0) is 25.3 Å². The van der Waals surface area contributed by atoms with Crippen LogP contribution < -0.4 is 10.9 Å². The fraction of sp³-hybridized carbons (Fsp3) is 0.333. The Balaban J connectivity index is 1.18. The van der Waals surface area contributed by atoms with Crippen LogP contribution in [0.4, 0.5) is 5.13 Å². The summed E-state index contributed by atoms with van der Waals surface area (Å²) < 4.78 is 2.66. The Morgan fingerprint density at radius 2 is 2.00 bits per heavy atom. The second-order valence-electron chi connectivity index (χ2n) is 8.50. The minimum absolute atomic E-state index is 0.0807. The molecule has 0 saturated carbocycles. The van der Waals surface area contributed by atoms with Gasteiger partial charge in [0.25, 0.3) is 5.56 Å². The van der Waals surface area contributed by atoms with E-state index in [4.69, 9.17) is 12.2 Å². The molecular weight excluding hydrogens is 472 g/mol. The lowest BCUT2D eigenvalue weighted by molar-refractivity contribution is -0.113. The largest absolute Gasteiger partial charge is 0.356 e. The van der Waals surface area contributed by atoms with E-state index in [1.165, 1.54) is 23.1 Å². The van der Waals surface area contributed by atoms with Crippen LogP contribution in [0.15, 0.2) is 53.3 Å². The van der Waals surface area contributed by atoms with Gasteiger partial charge in [-0.25, -0.2) is 4.98 Å². The molecule has 3 aromatic rings. The molecule has 33 heavy (non-hydrogen) atoms. The molecule has 2 aliphatic heterocycles. The van der Waals surface area contributed by atoms with Gasteiger partial charge in [0.1, 0.15) is 4.32 Å². The number of thiazole rings is 1. The van der Waals surface area contributed by atoms with E-state index < -0.39 is 0 Å². The van der Waals surface area contributed by atoms with Gasteiger partial charge in [0, 0.05) is 47.8 Å². The maximum atomic E-state index is 12.6. The number of benzene rings is 1. The van der Waals surface area contributed by atoms with Crippen molar-refractivity contribution in [3.05, 3.63) is 69.5 Å². The number of hydrogen-bond acceptors (Lipinski definition) is 6. The Bertz CT molecular complexity index is 1250. The van der Waals surface area contributed by atoms with Crippen molar-refractivity contribution in [2.75, 3.05) is 24.2 Å². The van der Waals surface area contributed by atoms with Crippen LogP contribution in [-0.4, -0.2) is 43.5 Å². The number of fused-ring (bicyclic) bond motifs is 4. The second-order valence-corrected chi connectivity index (χ2v) is 11.3. The standard InChI is InChI=1S/C24H24N4O2S3/c1-15-22(17-6-3-2-4-7-17)26-23(33-15)25-20(29)14-32-24(31)27-11-16-10-18(13-27)19-8-5-9-21(30)28(19)12-16/h2-9,16,18H,10-14H2,1H3,(H,25,26,29)/t16-,18+/m1/s1. The molecule has 2 bridgehead atoms. The Hall–Kier alpha value is -2.49. The lowest BCUT2D eigenvalue weighted by Crippen LogP contribution is -2.48. The SMILES string of the molecule is Cc1sc(NC(=O)CSC(=S)N2C[C@H]3C[C@@H](C2)c2cccc(=O)n2C3)nc1-c1ccccc1. The quantitative estimate of drug-likeness (QED) is 0.542. The number of carbonyl (C=O) groups is 1. The number of amides is 1.